The van der Waals surface area contributed by atoms with Gasteiger partial charge >= 0.3 is 5.97 Å². The standard InChI is InChI=1S/C47H76O17/c1-42(2)17-22-21-9-10-26-45(6)13-12-28(43(3,4)25(45)11-14-47(26,8)46(21,7)16-15-44(22,5)27(50)18-42)61-41-37(33(55)32(54)35(62-41)38(57)58)64-40-36(31(53)30(52)24(19-48)60-40)63-39-34(56)29(51)23(49)20-59-39/h9,22-37,39-41,48-56H,10-20H2,1-8H3,(H,57,58)/t22?,23-,24+,25?,26?,27+,28-,29+,30-,31-,32-,33-,34+,35-,36+,37+,39-,40-,41+,44+,45-,46+,47+/m0/s1. The molecule has 3 saturated heterocycles. The lowest BCUT2D eigenvalue weighted by Crippen LogP contribution is -2.68. The molecule has 0 aromatic carbocycles. The van der Waals surface area contributed by atoms with Crippen LogP contribution in [0.3, 0.4) is 0 Å². The summed E-state index contributed by atoms with van der Waals surface area (Å²) in [5.74, 6) is -0.718. The molecule has 0 radical (unpaired) electrons. The summed E-state index contributed by atoms with van der Waals surface area (Å²) in [6.45, 7) is 17.4. The van der Waals surface area contributed by atoms with Crippen LogP contribution in [0.2, 0.25) is 0 Å². The number of allylic oxidation sites excluding steroid dienone is 2. The number of carbonyl (C=O) groups is 1. The van der Waals surface area contributed by atoms with Gasteiger partial charge in [0, 0.05) is 5.41 Å². The average molecular weight is 913 g/mol. The molecule has 8 aliphatic rings. The molecule has 5 aliphatic carbocycles. The van der Waals surface area contributed by atoms with Crippen LogP contribution in [0.1, 0.15) is 113 Å². The zero-order valence-electron chi connectivity index (χ0n) is 38.7. The van der Waals surface area contributed by atoms with Crippen molar-refractivity contribution < 1.29 is 84.3 Å². The quantitative estimate of drug-likeness (QED) is 0.122. The minimum absolute atomic E-state index is 0.000132. The molecule has 17 heteroatoms. The molecule has 3 aliphatic heterocycles. The van der Waals surface area contributed by atoms with Gasteiger partial charge in [0.1, 0.15) is 61.0 Å². The van der Waals surface area contributed by atoms with Crippen molar-refractivity contribution in [3.05, 3.63) is 11.6 Å². The van der Waals surface area contributed by atoms with E-state index in [1.165, 1.54) is 0 Å². The van der Waals surface area contributed by atoms with Gasteiger partial charge in [-0.05, 0) is 103 Å². The lowest BCUT2D eigenvalue weighted by Gasteiger charge is -2.71. The third-order valence-electron chi connectivity index (χ3n) is 19.0. The van der Waals surface area contributed by atoms with E-state index in [4.69, 9.17) is 28.4 Å². The van der Waals surface area contributed by atoms with Crippen LogP contribution >= 0.6 is 0 Å². The molecular formula is C47H76O17. The first-order valence-electron chi connectivity index (χ1n) is 23.6. The van der Waals surface area contributed by atoms with Crippen LogP contribution in [0, 0.1) is 50.2 Å². The largest absolute Gasteiger partial charge is 0.479 e. The summed E-state index contributed by atoms with van der Waals surface area (Å²) < 4.78 is 36.0. The van der Waals surface area contributed by atoms with Gasteiger partial charge < -0.3 is 79.5 Å². The maximum Gasteiger partial charge on any atom is 0.335 e. The maximum absolute atomic E-state index is 12.4. The van der Waals surface area contributed by atoms with Crippen LogP contribution in [0.4, 0.5) is 0 Å². The van der Waals surface area contributed by atoms with Crippen molar-refractivity contribution in [3.8, 4) is 0 Å². The number of aliphatic hydroxyl groups is 9. The first-order chi connectivity index (χ1) is 29.8. The predicted molar refractivity (Wildman–Crippen MR) is 225 cm³/mol. The molecule has 0 aromatic rings. The number of aliphatic hydroxyl groups excluding tert-OH is 9. The SMILES string of the molecule is CC1(C)CC2C3=CCC4[C@@]5(C)CC[C@H](O[C@@H]6O[C@H](C(=O)O)[C@@H](O)[C@H](O)[C@H]6O[C@@H]6O[C@H](CO)[C@H](O)[C@H](O)[C@H]6O[C@@H]6OC[C@H](O)[C@@H](O)[C@H]6O)C(C)(C)C5CC[C@@]4(C)[C@]3(C)CC[C@@]2(C)[C@H](O)C1. The summed E-state index contributed by atoms with van der Waals surface area (Å²) in [6.07, 6.45) is -14.7. The Balaban J connectivity index is 1.06. The fourth-order valence-corrected chi connectivity index (χ4v) is 14.9. The van der Waals surface area contributed by atoms with Gasteiger partial charge in [-0.15, -0.1) is 0 Å². The predicted octanol–water partition coefficient (Wildman–Crippen LogP) is 1.34. The Morgan fingerprint density at radius 3 is 1.98 bits per heavy atom. The van der Waals surface area contributed by atoms with E-state index in [-0.39, 0.29) is 39.1 Å². The van der Waals surface area contributed by atoms with Crippen molar-refractivity contribution >= 4 is 5.97 Å². The highest BCUT2D eigenvalue weighted by Crippen LogP contribution is 2.76. The van der Waals surface area contributed by atoms with Gasteiger partial charge in [-0.3, -0.25) is 0 Å². The fourth-order valence-electron chi connectivity index (χ4n) is 14.9. The number of ether oxygens (including phenoxy) is 6. The minimum atomic E-state index is -2.01. The molecule has 0 aromatic heterocycles. The van der Waals surface area contributed by atoms with Crippen LogP contribution in [0.25, 0.3) is 0 Å². The maximum atomic E-state index is 12.4. The highest BCUT2D eigenvalue weighted by atomic mass is 16.8. The Kier molecular flexibility index (Phi) is 13.0. The lowest BCUT2D eigenvalue weighted by atomic mass is 9.33. The highest BCUT2D eigenvalue weighted by Gasteiger charge is 2.69. The Morgan fingerprint density at radius 1 is 0.688 bits per heavy atom. The summed E-state index contributed by atoms with van der Waals surface area (Å²) in [7, 11) is 0. The van der Waals surface area contributed by atoms with E-state index >= 15 is 0 Å². The van der Waals surface area contributed by atoms with Gasteiger partial charge in [-0.1, -0.05) is 67.0 Å². The van der Waals surface area contributed by atoms with Crippen LogP contribution in [0.15, 0.2) is 11.6 Å². The first-order valence-corrected chi connectivity index (χ1v) is 23.6. The van der Waals surface area contributed by atoms with Gasteiger partial charge in [0.2, 0.25) is 0 Å². The monoisotopic (exact) mass is 913 g/mol. The molecule has 8 rings (SSSR count). The fraction of sp³-hybridized carbons (Fsp3) is 0.936. The normalized spacial score (nSPS) is 54.6. The van der Waals surface area contributed by atoms with Crippen LogP contribution < -0.4 is 0 Å². The second-order valence-corrected chi connectivity index (χ2v) is 23.3. The van der Waals surface area contributed by atoms with E-state index in [0.717, 1.165) is 51.4 Å². The zero-order chi connectivity index (χ0) is 46.9. The second-order valence-electron chi connectivity index (χ2n) is 23.3. The number of rotatable bonds is 8. The number of aliphatic carboxylic acids is 1. The third-order valence-corrected chi connectivity index (χ3v) is 19.0. The number of carboxylic acid groups (broad SMARTS) is 1. The minimum Gasteiger partial charge on any atom is -0.479 e. The Hall–Kier alpha value is -1.39. The molecular weight excluding hydrogens is 836 g/mol. The Labute approximate surface area is 376 Å². The van der Waals surface area contributed by atoms with Crippen LogP contribution in [0.5, 0.6) is 0 Å². The van der Waals surface area contributed by atoms with Crippen molar-refractivity contribution in [1.29, 1.82) is 0 Å². The smallest absolute Gasteiger partial charge is 0.335 e. The number of hydrogen-bond acceptors (Lipinski definition) is 16. The first kappa shape index (κ1) is 49.0. The van der Waals surface area contributed by atoms with Crippen molar-refractivity contribution in [2.75, 3.05) is 13.2 Å². The molecule has 17 nitrogen and oxygen atoms in total. The zero-order valence-corrected chi connectivity index (χ0v) is 38.7. The van der Waals surface area contributed by atoms with Gasteiger partial charge in [-0.25, -0.2) is 4.79 Å². The van der Waals surface area contributed by atoms with E-state index < -0.39 is 117 Å². The highest BCUT2D eigenvalue weighted by molar-refractivity contribution is 5.73. The van der Waals surface area contributed by atoms with E-state index in [2.05, 4.69) is 61.5 Å². The van der Waals surface area contributed by atoms with Gasteiger partial charge in [0.25, 0.3) is 0 Å². The molecule has 0 spiro atoms. The summed E-state index contributed by atoms with van der Waals surface area (Å²) in [5.41, 5.74) is 0.775. The molecule has 366 valence electrons. The third kappa shape index (κ3) is 7.58. The number of fused-ring (bicyclic) bond motifs is 7. The van der Waals surface area contributed by atoms with Crippen molar-refractivity contribution in [3.63, 3.8) is 0 Å². The summed E-state index contributed by atoms with van der Waals surface area (Å²) in [4.78, 5) is 12.4. The molecule has 4 saturated carbocycles. The van der Waals surface area contributed by atoms with Crippen LogP contribution in [-0.2, 0) is 33.2 Å². The molecule has 10 N–H and O–H groups in total. The molecule has 64 heavy (non-hydrogen) atoms. The number of hydrogen-bond donors (Lipinski definition) is 10. The summed E-state index contributed by atoms with van der Waals surface area (Å²) in [6, 6.07) is 0. The number of carboxylic acids is 1. The molecule has 0 bridgehead atoms. The van der Waals surface area contributed by atoms with E-state index in [0.29, 0.717) is 18.3 Å². The van der Waals surface area contributed by atoms with Gasteiger partial charge in [0.05, 0.1) is 25.4 Å². The van der Waals surface area contributed by atoms with Gasteiger partial charge in [-0.2, -0.15) is 0 Å². The van der Waals surface area contributed by atoms with Crippen molar-refractivity contribution in [2.45, 2.75) is 211 Å². The molecule has 3 heterocycles. The Morgan fingerprint density at radius 2 is 1.33 bits per heavy atom. The van der Waals surface area contributed by atoms with E-state index in [9.17, 15) is 55.9 Å². The molecule has 0 amide bonds. The van der Waals surface area contributed by atoms with Crippen molar-refractivity contribution in [1.82, 2.24) is 0 Å². The molecule has 3 unspecified atom stereocenters. The summed E-state index contributed by atoms with van der Waals surface area (Å²) >= 11 is 0. The topological polar surface area (TPSA) is 275 Å². The molecule has 7 fully saturated rings. The second kappa shape index (κ2) is 16.9. The Bertz CT molecular complexity index is 1760. The average Bonchev–Trinajstić information content (AvgIpc) is 3.21. The molecule has 23 atom stereocenters. The lowest BCUT2D eigenvalue weighted by molar-refractivity contribution is -0.392. The van der Waals surface area contributed by atoms with E-state index in [1.54, 1.807) is 5.57 Å². The summed E-state index contributed by atoms with van der Waals surface area (Å²) in [5, 5.41) is 107. The van der Waals surface area contributed by atoms with Gasteiger partial charge in [0.15, 0.2) is 25.0 Å². The van der Waals surface area contributed by atoms with Crippen molar-refractivity contribution in [2.24, 2.45) is 50.2 Å². The van der Waals surface area contributed by atoms with Crippen LogP contribution in [-0.4, -0.2) is 168 Å². The van der Waals surface area contributed by atoms with E-state index in [1.807, 2.05) is 0 Å².